The number of halogens is 1. The first-order valence-electron chi connectivity index (χ1n) is 6.32. The van der Waals surface area contributed by atoms with E-state index in [1.54, 1.807) is 36.4 Å². The Morgan fingerprint density at radius 3 is 2.52 bits per heavy atom. The summed E-state index contributed by atoms with van der Waals surface area (Å²) in [5.41, 5.74) is 1.78. The average Bonchev–Trinajstić information content (AvgIpc) is 2.43. The number of esters is 1. The van der Waals surface area contributed by atoms with Gasteiger partial charge in [0.05, 0.1) is 5.56 Å². The molecule has 0 spiro atoms. The fraction of sp³-hybridized carbons (Fsp3) is 0.125. The highest BCUT2D eigenvalue weighted by Crippen LogP contribution is 2.23. The van der Waals surface area contributed by atoms with Crippen molar-refractivity contribution >= 4 is 29.2 Å². The molecule has 0 radical (unpaired) electrons. The second-order valence-corrected chi connectivity index (χ2v) is 4.92. The monoisotopic (exact) mass is 303 g/mol. The molecule has 0 aliphatic heterocycles. The van der Waals surface area contributed by atoms with E-state index in [4.69, 9.17) is 16.3 Å². The van der Waals surface area contributed by atoms with Crippen molar-refractivity contribution in [3.8, 4) is 5.75 Å². The molecule has 2 aromatic rings. The van der Waals surface area contributed by atoms with Crippen LogP contribution < -0.4 is 10.1 Å². The van der Waals surface area contributed by atoms with Crippen LogP contribution >= 0.6 is 11.6 Å². The van der Waals surface area contributed by atoms with E-state index < -0.39 is 5.97 Å². The Bertz CT molecular complexity index is 698. The summed E-state index contributed by atoms with van der Waals surface area (Å²) in [7, 11) is 0. The van der Waals surface area contributed by atoms with Crippen LogP contribution in [0.2, 0.25) is 5.02 Å². The molecular formula is C16H14ClNO3. The minimum atomic E-state index is -0.478. The summed E-state index contributed by atoms with van der Waals surface area (Å²) in [6, 6.07) is 11.8. The summed E-state index contributed by atoms with van der Waals surface area (Å²) in [5, 5.41) is 3.30. The average molecular weight is 304 g/mol. The van der Waals surface area contributed by atoms with Gasteiger partial charge in [-0.15, -0.1) is 0 Å². The Balaban J connectivity index is 2.24. The number of benzene rings is 2. The molecular weight excluding hydrogens is 290 g/mol. The quantitative estimate of drug-likeness (QED) is 0.692. The van der Waals surface area contributed by atoms with Crippen molar-refractivity contribution in [2.24, 2.45) is 0 Å². The van der Waals surface area contributed by atoms with Gasteiger partial charge in [-0.1, -0.05) is 29.8 Å². The Kier molecular flexibility index (Phi) is 4.60. The molecule has 0 fully saturated rings. The molecule has 0 unspecified atom stereocenters. The SMILES string of the molecule is CC(=O)Oc1ccccc1C(=O)Nc1ccc(C)c(Cl)c1. The Labute approximate surface area is 127 Å². The topological polar surface area (TPSA) is 55.4 Å². The lowest BCUT2D eigenvalue weighted by atomic mass is 10.1. The second kappa shape index (κ2) is 6.41. The summed E-state index contributed by atoms with van der Waals surface area (Å²) >= 11 is 6.02. The lowest BCUT2D eigenvalue weighted by Crippen LogP contribution is -2.14. The molecule has 2 rings (SSSR count). The molecule has 0 heterocycles. The van der Waals surface area contributed by atoms with Crippen LogP contribution in [0.4, 0.5) is 5.69 Å². The van der Waals surface area contributed by atoms with Gasteiger partial charge in [-0.25, -0.2) is 0 Å². The fourth-order valence-corrected chi connectivity index (χ4v) is 1.95. The molecule has 0 aliphatic rings. The first kappa shape index (κ1) is 15.1. The minimum Gasteiger partial charge on any atom is -0.426 e. The Morgan fingerprint density at radius 2 is 1.86 bits per heavy atom. The van der Waals surface area contributed by atoms with Crippen molar-refractivity contribution in [2.45, 2.75) is 13.8 Å². The van der Waals surface area contributed by atoms with Crippen molar-refractivity contribution in [3.05, 3.63) is 58.6 Å². The first-order chi connectivity index (χ1) is 9.97. The van der Waals surface area contributed by atoms with Gasteiger partial charge < -0.3 is 10.1 Å². The number of carbonyl (C=O) groups excluding carboxylic acids is 2. The predicted octanol–water partition coefficient (Wildman–Crippen LogP) is 3.83. The van der Waals surface area contributed by atoms with Crippen LogP contribution in [0.3, 0.4) is 0 Å². The number of para-hydroxylation sites is 1. The molecule has 5 heteroatoms. The van der Waals surface area contributed by atoms with E-state index in [0.29, 0.717) is 10.7 Å². The molecule has 0 bridgehead atoms. The zero-order valence-corrected chi connectivity index (χ0v) is 12.4. The number of ether oxygens (including phenoxy) is 1. The lowest BCUT2D eigenvalue weighted by molar-refractivity contribution is -0.131. The van der Waals surface area contributed by atoms with Crippen LogP contribution in [0.5, 0.6) is 5.75 Å². The third-order valence-corrected chi connectivity index (χ3v) is 3.22. The molecule has 21 heavy (non-hydrogen) atoms. The summed E-state index contributed by atoms with van der Waals surface area (Å²) in [6.07, 6.45) is 0. The molecule has 0 aromatic heterocycles. The summed E-state index contributed by atoms with van der Waals surface area (Å²) < 4.78 is 5.02. The van der Waals surface area contributed by atoms with Crippen molar-refractivity contribution in [3.63, 3.8) is 0 Å². The molecule has 4 nitrogen and oxygen atoms in total. The zero-order chi connectivity index (χ0) is 15.4. The first-order valence-corrected chi connectivity index (χ1v) is 6.70. The third-order valence-electron chi connectivity index (χ3n) is 2.82. The van der Waals surface area contributed by atoms with E-state index in [0.717, 1.165) is 5.56 Å². The minimum absolute atomic E-state index is 0.223. The number of carbonyl (C=O) groups is 2. The Hall–Kier alpha value is -2.33. The van der Waals surface area contributed by atoms with Crippen LogP contribution in [0.25, 0.3) is 0 Å². The number of hydrogen-bond acceptors (Lipinski definition) is 3. The maximum atomic E-state index is 12.3. The van der Waals surface area contributed by atoms with Crippen LogP contribution in [0.15, 0.2) is 42.5 Å². The summed E-state index contributed by atoms with van der Waals surface area (Å²) in [4.78, 5) is 23.3. The van der Waals surface area contributed by atoms with E-state index in [-0.39, 0.29) is 17.2 Å². The molecule has 1 N–H and O–H groups in total. The van der Waals surface area contributed by atoms with Crippen molar-refractivity contribution < 1.29 is 14.3 Å². The van der Waals surface area contributed by atoms with Gasteiger partial charge in [-0.05, 0) is 36.8 Å². The van der Waals surface area contributed by atoms with Gasteiger partial charge in [0.25, 0.3) is 5.91 Å². The summed E-state index contributed by atoms with van der Waals surface area (Å²) in [6.45, 7) is 3.17. The van der Waals surface area contributed by atoms with Crippen molar-refractivity contribution in [2.75, 3.05) is 5.32 Å². The van der Waals surface area contributed by atoms with Gasteiger partial charge in [0.15, 0.2) is 0 Å². The van der Waals surface area contributed by atoms with Gasteiger partial charge in [0, 0.05) is 17.6 Å². The lowest BCUT2D eigenvalue weighted by Gasteiger charge is -2.10. The van der Waals surface area contributed by atoms with E-state index >= 15 is 0 Å². The molecule has 2 aromatic carbocycles. The molecule has 0 saturated carbocycles. The molecule has 0 aliphatic carbocycles. The summed E-state index contributed by atoms with van der Waals surface area (Å²) in [5.74, 6) is -0.624. The van der Waals surface area contributed by atoms with Gasteiger partial charge in [-0.2, -0.15) is 0 Å². The van der Waals surface area contributed by atoms with Crippen LogP contribution in [0.1, 0.15) is 22.8 Å². The molecule has 0 saturated heterocycles. The van der Waals surface area contributed by atoms with Gasteiger partial charge in [-0.3, -0.25) is 9.59 Å². The normalized spacial score (nSPS) is 10.0. The highest BCUT2D eigenvalue weighted by Gasteiger charge is 2.14. The number of aryl methyl sites for hydroxylation is 1. The van der Waals surface area contributed by atoms with E-state index in [9.17, 15) is 9.59 Å². The van der Waals surface area contributed by atoms with Gasteiger partial charge in [0.2, 0.25) is 0 Å². The standard InChI is InChI=1S/C16H14ClNO3/c1-10-7-8-12(9-14(10)17)18-16(20)13-5-3-4-6-15(13)21-11(2)19/h3-9H,1-2H3,(H,18,20). The predicted molar refractivity (Wildman–Crippen MR) is 81.9 cm³/mol. The highest BCUT2D eigenvalue weighted by molar-refractivity contribution is 6.31. The second-order valence-electron chi connectivity index (χ2n) is 4.51. The number of nitrogens with one attached hydrogen (secondary N) is 1. The van der Waals surface area contributed by atoms with Crippen LogP contribution in [-0.4, -0.2) is 11.9 Å². The number of amides is 1. The zero-order valence-electron chi connectivity index (χ0n) is 11.6. The van der Waals surface area contributed by atoms with E-state index in [2.05, 4.69) is 5.32 Å². The van der Waals surface area contributed by atoms with Crippen LogP contribution in [0, 0.1) is 6.92 Å². The fourth-order valence-electron chi connectivity index (χ4n) is 1.77. The molecule has 108 valence electrons. The smallest absolute Gasteiger partial charge is 0.308 e. The van der Waals surface area contributed by atoms with Crippen LogP contribution in [-0.2, 0) is 4.79 Å². The maximum absolute atomic E-state index is 12.3. The molecule has 0 atom stereocenters. The maximum Gasteiger partial charge on any atom is 0.308 e. The third kappa shape index (κ3) is 3.83. The van der Waals surface area contributed by atoms with Gasteiger partial charge >= 0.3 is 5.97 Å². The van der Waals surface area contributed by atoms with E-state index in [1.807, 2.05) is 13.0 Å². The number of hydrogen-bond donors (Lipinski definition) is 1. The van der Waals surface area contributed by atoms with E-state index in [1.165, 1.54) is 6.92 Å². The largest absolute Gasteiger partial charge is 0.426 e. The highest BCUT2D eigenvalue weighted by atomic mass is 35.5. The van der Waals surface area contributed by atoms with Crippen molar-refractivity contribution in [1.29, 1.82) is 0 Å². The Morgan fingerprint density at radius 1 is 1.14 bits per heavy atom. The van der Waals surface area contributed by atoms with Crippen molar-refractivity contribution in [1.82, 2.24) is 0 Å². The van der Waals surface area contributed by atoms with Gasteiger partial charge in [0.1, 0.15) is 5.75 Å². The molecule has 1 amide bonds. The number of rotatable bonds is 3. The number of anilines is 1.